The summed E-state index contributed by atoms with van der Waals surface area (Å²) in [5, 5.41) is 0. The topological polar surface area (TPSA) is 43.8 Å². The smallest absolute Gasteiger partial charge is 0.200 e. The summed E-state index contributed by atoms with van der Waals surface area (Å²) in [5.41, 5.74) is 10.7. The van der Waals surface area contributed by atoms with Gasteiger partial charge in [0.1, 0.15) is 0 Å². The third kappa shape index (κ3) is 1.69. The summed E-state index contributed by atoms with van der Waals surface area (Å²) in [6.45, 7) is 7.15. The van der Waals surface area contributed by atoms with Gasteiger partial charge in [-0.25, -0.2) is 4.98 Å². The Morgan fingerprint density at radius 1 is 1.25 bits per heavy atom. The van der Waals surface area contributed by atoms with E-state index in [2.05, 4.69) is 44.0 Å². The van der Waals surface area contributed by atoms with Crippen molar-refractivity contribution in [3.8, 4) is 11.3 Å². The molecule has 2 rings (SSSR count). The standard InChI is InChI=1S/C13H17N3/c1-4-16-12(8-15-13(16)14)11-6-5-9(2)10(3)7-11/h5-8H,4H2,1-3H3,(H2,14,15). The van der Waals surface area contributed by atoms with E-state index >= 15 is 0 Å². The van der Waals surface area contributed by atoms with E-state index in [1.165, 1.54) is 16.7 Å². The van der Waals surface area contributed by atoms with Crippen molar-refractivity contribution in [1.82, 2.24) is 9.55 Å². The maximum absolute atomic E-state index is 5.81. The number of aryl methyl sites for hydroxylation is 2. The third-order valence-electron chi connectivity index (χ3n) is 3.01. The minimum absolute atomic E-state index is 0.579. The molecule has 1 heterocycles. The fourth-order valence-corrected chi connectivity index (χ4v) is 1.85. The average Bonchev–Trinajstić information content (AvgIpc) is 2.63. The molecule has 0 aliphatic carbocycles. The molecule has 0 aliphatic heterocycles. The summed E-state index contributed by atoms with van der Waals surface area (Å²) in [5.74, 6) is 0.579. The van der Waals surface area contributed by atoms with Crippen molar-refractivity contribution in [1.29, 1.82) is 0 Å². The van der Waals surface area contributed by atoms with Gasteiger partial charge in [-0.2, -0.15) is 0 Å². The molecule has 1 aromatic carbocycles. The Morgan fingerprint density at radius 3 is 2.62 bits per heavy atom. The fourth-order valence-electron chi connectivity index (χ4n) is 1.85. The van der Waals surface area contributed by atoms with Crippen molar-refractivity contribution in [2.45, 2.75) is 27.3 Å². The van der Waals surface area contributed by atoms with Gasteiger partial charge in [0, 0.05) is 12.1 Å². The predicted molar refractivity (Wildman–Crippen MR) is 67.2 cm³/mol. The summed E-state index contributed by atoms with van der Waals surface area (Å²) in [6.07, 6.45) is 1.84. The van der Waals surface area contributed by atoms with Gasteiger partial charge in [-0.15, -0.1) is 0 Å². The van der Waals surface area contributed by atoms with Crippen LogP contribution >= 0.6 is 0 Å². The van der Waals surface area contributed by atoms with Crippen molar-refractivity contribution in [2.24, 2.45) is 0 Å². The van der Waals surface area contributed by atoms with Gasteiger partial charge in [-0.3, -0.25) is 0 Å². The molecule has 0 fully saturated rings. The highest BCUT2D eigenvalue weighted by Gasteiger charge is 2.08. The van der Waals surface area contributed by atoms with Crippen LogP contribution in [-0.2, 0) is 6.54 Å². The molecule has 1 aromatic heterocycles. The van der Waals surface area contributed by atoms with Gasteiger partial charge in [0.15, 0.2) is 0 Å². The summed E-state index contributed by atoms with van der Waals surface area (Å²) in [6, 6.07) is 6.43. The van der Waals surface area contributed by atoms with Crippen LogP contribution in [0.4, 0.5) is 5.95 Å². The van der Waals surface area contributed by atoms with Crippen LogP contribution in [-0.4, -0.2) is 9.55 Å². The van der Waals surface area contributed by atoms with Crippen molar-refractivity contribution < 1.29 is 0 Å². The molecule has 0 radical (unpaired) electrons. The number of nitrogens with zero attached hydrogens (tertiary/aromatic N) is 2. The predicted octanol–water partition coefficient (Wildman–Crippen LogP) is 2.77. The number of hydrogen-bond acceptors (Lipinski definition) is 2. The van der Waals surface area contributed by atoms with Crippen molar-refractivity contribution in [3.05, 3.63) is 35.5 Å². The van der Waals surface area contributed by atoms with Crippen LogP contribution in [0.1, 0.15) is 18.1 Å². The molecule has 0 saturated heterocycles. The lowest BCUT2D eigenvalue weighted by molar-refractivity contribution is 0.781. The maximum Gasteiger partial charge on any atom is 0.200 e. The minimum Gasteiger partial charge on any atom is -0.369 e. The van der Waals surface area contributed by atoms with Gasteiger partial charge < -0.3 is 10.3 Å². The van der Waals surface area contributed by atoms with E-state index in [0.717, 1.165) is 12.2 Å². The molecule has 0 amide bonds. The second kappa shape index (κ2) is 4.00. The lowest BCUT2D eigenvalue weighted by Gasteiger charge is -2.08. The van der Waals surface area contributed by atoms with Gasteiger partial charge in [-0.05, 0) is 38.0 Å². The van der Waals surface area contributed by atoms with Crippen molar-refractivity contribution in [2.75, 3.05) is 5.73 Å². The van der Waals surface area contributed by atoms with Crippen LogP contribution in [0.15, 0.2) is 24.4 Å². The number of benzene rings is 1. The summed E-state index contributed by atoms with van der Waals surface area (Å²) in [4.78, 5) is 4.16. The largest absolute Gasteiger partial charge is 0.369 e. The minimum atomic E-state index is 0.579. The summed E-state index contributed by atoms with van der Waals surface area (Å²) < 4.78 is 2.02. The Kier molecular flexibility index (Phi) is 2.69. The Morgan fingerprint density at radius 2 is 2.00 bits per heavy atom. The monoisotopic (exact) mass is 215 g/mol. The maximum atomic E-state index is 5.81. The molecule has 2 N–H and O–H groups in total. The molecular weight excluding hydrogens is 198 g/mol. The van der Waals surface area contributed by atoms with Crippen LogP contribution in [0, 0.1) is 13.8 Å². The van der Waals surface area contributed by atoms with E-state index in [9.17, 15) is 0 Å². The van der Waals surface area contributed by atoms with Crippen LogP contribution in [0.25, 0.3) is 11.3 Å². The molecule has 3 nitrogen and oxygen atoms in total. The molecule has 16 heavy (non-hydrogen) atoms. The Hall–Kier alpha value is -1.77. The zero-order chi connectivity index (χ0) is 11.7. The number of nitrogen functional groups attached to an aromatic ring is 1. The van der Waals surface area contributed by atoms with Gasteiger partial charge >= 0.3 is 0 Å². The highest BCUT2D eigenvalue weighted by Crippen LogP contribution is 2.24. The quantitative estimate of drug-likeness (QED) is 0.837. The van der Waals surface area contributed by atoms with Crippen LogP contribution in [0.5, 0.6) is 0 Å². The van der Waals surface area contributed by atoms with Gasteiger partial charge in [0.2, 0.25) is 5.95 Å². The third-order valence-corrected chi connectivity index (χ3v) is 3.01. The van der Waals surface area contributed by atoms with Gasteiger partial charge in [0.05, 0.1) is 11.9 Å². The lowest BCUT2D eigenvalue weighted by Crippen LogP contribution is -2.02. The Balaban J connectivity index is 2.54. The molecular formula is C13H17N3. The molecule has 2 aromatic rings. The van der Waals surface area contributed by atoms with Gasteiger partial charge in [-0.1, -0.05) is 12.1 Å². The molecule has 0 unspecified atom stereocenters. The normalized spacial score (nSPS) is 10.7. The highest BCUT2D eigenvalue weighted by atomic mass is 15.1. The van der Waals surface area contributed by atoms with E-state index in [-0.39, 0.29) is 0 Å². The number of nitrogens with two attached hydrogens (primary N) is 1. The van der Waals surface area contributed by atoms with E-state index in [4.69, 9.17) is 5.73 Å². The van der Waals surface area contributed by atoms with Gasteiger partial charge in [0.25, 0.3) is 0 Å². The van der Waals surface area contributed by atoms with E-state index in [1.807, 2.05) is 10.8 Å². The van der Waals surface area contributed by atoms with E-state index < -0.39 is 0 Å². The van der Waals surface area contributed by atoms with Crippen LogP contribution in [0.2, 0.25) is 0 Å². The molecule has 84 valence electrons. The van der Waals surface area contributed by atoms with E-state index in [1.54, 1.807) is 0 Å². The SMILES string of the molecule is CCn1c(-c2ccc(C)c(C)c2)cnc1N. The second-order valence-electron chi connectivity index (χ2n) is 4.04. The molecule has 0 saturated carbocycles. The first-order valence-electron chi connectivity index (χ1n) is 5.52. The first-order chi connectivity index (χ1) is 7.63. The number of hydrogen-bond donors (Lipinski definition) is 1. The summed E-state index contributed by atoms with van der Waals surface area (Å²) in [7, 11) is 0. The second-order valence-corrected chi connectivity index (χ2v) is 4.04. The van der Waals surface area contributed by atoms with Crippen LogP contribution in [0.3, 0.4) is 0 Å². The zero-order valence-electron chi connectivity index (χ0n) is 9.99. The molecule has 0 atom stereocenters. The first-order valence-corrected chi connectivity index (χ1v) is 5.52. The molecule has 0 aliphatic rings. The number of imidazole rings is 1. The highest BCUT2D eigenvalue weighted by molar-refractivity contribution is 5.62. The first kappa shape index (κ1) is 10.7. The fraction of sp³-hybridized carbons (Fsp3) is 0.308. The Labute approximate surface area is 95.9 Å². The number of aromatic nitrogens is 2. The zero-order valence-corrected chi connectivity index (χ0v) is 9.99. The van der Waals surface area contributed by atoms with Crippen LogP contribution < -0.4 is 5.73 Å². The van der Waals surface area contributed by atoms with Crippen molar-refractivity contribution in [3.63, 3.8) is 0 Å². The summed E-state index contributed by atoms with van der Waals surface area (Å²) >= 11 is 0. The Bertz CT molecular complexity index is 512. The number of anilines is 1. The van der Waals surface area contributed by atoms with Crippen molar-refractivity contribution >= 4 is 5.95 Å². The molecule has 3 heteroatoms. The molecule has 0 spiro atoms. The number of rotatable bonds is 2. The lowest BCUT2D eigenvalue weighted by atomic mass is 10.0. The van der Waals surface area contributed by atoms with E-state index in [0.29, 0.717) is 5.95 Å². The molecule has 0 bridgehead atoms. The average molecular weight is 215 g/mol.